The van der Waals surface area contributed by atoms with E-state index in [4.69, 9.17) is 11.6 Å². The fourth-order valence-electron chi connectivity index (χ4n) is 4.13. The average molecular weight is 541 g/mol. The van der Waals surface area contributed by atoms with Crippen molar-refractivity contribution in [2.45, 2.75) is 36.3 Å². The largest absolute Gasteiger partial charge is 0.545 e. The van der Waals surface area contributed by atoms with Crippen LogP contribution in [-0.4, -0.2) is 31.7 Å². The van der Waals surface area contributed by atoms with Crippen molar-refractivity contribution in [1.29, 1.82) is 0 Å². The molecule has 0 spiro atoms. The molecule has 0 aliphatic carbocycles. The number of hydrogen-bond donors (Lipinski definition) is 0. The van der Waals surface area contributed by atoms with Crippen molar-refractivity contribution in [2.24, 2.45) is 0 Å². The van der Waals surface area contributed by atoms with E-state index < -0.39 is 56.9 Å². The van der Waals surface area contributed by atoms with Crippen LogP contribution in [0.3, 0.4) is 0 Å². The van der Waals surface area contributed by atoms with Gasteiger partial charge in [-0.1, -0.05) is 30.7 Å². The Morgan fingerprint density at radius 2 is 1.89 bits per heavy atom. The number of carbonyl (C=O) groups excluding carboxylic acids is 1. The Bertz CT molecular complexity index is 1530. The Morgan fingerprint density at radius 1 is 1.19 bits per heavy atom. The van der Waals surface area contributed by atoms with Crippen LogP contribution in [0.5, 0.6) is 0 Å². The molecule has 2 atom stereocenters. The minimum absolute atomic E-state index is 0.114. The highest BCUT2D eigenvalue weighted by Crippen LogP contribution is 2.37. The molecule has 0 radical (unpaired) electrons. The molecule has 13 heteroatoms. The van der Waals surface area contributed by atoms with Gasteiger partial charge in [0, 0.05) is 13.2 Å². The number of carboxylic acid groups (broad SMARTS) is 1. The van der Waals surface area contributed by atoms with Gasteiger partial charge in [-0.05, 0) is 36.2 Å². The second-order valence-electron chi connectivity index (χ2n) is 8.07. The fraction of sp³-hybridized carbons (Fsp3) is 0.261. The molecule has 2 heterocycles. The van der Waals surface area contributed by atoms with Crippen LogP contribution in [0.2, 0.25) is 5.02 Å². The van der Waals surface area contributed by atoms with Crippen molar-refractivity contribution >= 4 is 34.1 Å². The number of carboxylic acids is 1. The first-order valence-electron chi connectivity index (χ1n) is 10.6. The van der Waals surface area contributed by atoms with Gasteiger partial charge in [0.05, 0.1) is 55.7 Å². The van der Waals surface area contributed by atoms with E-state index in [1.165, 1.54) is 18.2 Å². The molecule has 0 fully saturated rings. The van der Waals surface area contributed by atoms with Crippen molar-refractivity contribution in [3.63, 3.8) is 0 Å². The predicted octanol–water partition coefficient (Wildman–Crippen LogP) is 2.38. The third-order valence-corrected chi connectivity index (χ3v) is 8.30. The number of aromatic nitrogens is 2. The monoisotopic (exact) mass is 540 g/mol. The van der Waals surface area contributed by atoms with Gasteiger partial charge in [0.15, 0.2) is 0 Å². The first-order chi connectivity index (χ1) is 16.9. The van der Waals surface area contributed by atoms with Crippen LogP contribution in [0, 0.1) is 0 Å². The van der Waals surface area contributed by atoms with E-state index in [2.05, 4.69) is 0 Å². The molecule has 8 nitrogen and oxygen atoms in total. The molecule has 0 bridgehead atoms. The van der Waals surface area contributed by atoms with E-state index in [9.17, 15) is 36.9 Å². The maximum Gasteiger partial charge on any atom is 0.417 e. The number of benzene rings is 2. The number of hydrogen-bond acceptors (Lipinski definition) is 6. The van der Waals surface area contributed by atoms with E-state index in [0.717, 1.165) is 22.9 Å². The van der Waals surface area contributed by atoms with Gasteiger partial charge in [-0.2, -0.15) is 13.2 Å². The van der Waals surface area contributed by atoms with Crippen LogP contribution >= 0.6 is 11.6 Å². The maximum absolute atomic E-state index is 13.3. The van der Waals surface area contributed by atoms with Gasteiger partial charge in [0.1, 0.15) is 5.37 Å². The smallest absolute Gasteiger partial charge is 0.417 e. The normalized spacial score (nSPS) is 17.3. The van der Waals surface area contributed by atoms with Gasteiger partial charge in [0.25, 0.3) is 5.56 Å². The second kappa shape index (κ2) is 9.25. The first-order valence-corrected chi connectivity index (χ1v) is 12.2. The third-order valence-electron chi connectivity index (χ3n) is 5.95. The molecule has 1 aliphatic heterocycles. The highest BCUT2D eigenvalue weighted by molar-refractivity contribution is 7.86. The molecular formula is C23H18ClF3N3O5S-. The van der Waals surface area contributed by atoms with Gasteiger partial charge < -0.3 is 14.8 Å². The van der Waals surface area contributed by atoms with E-state index >= 15 is 0 Å². The lowest BCUT2D eigenvalue weighted by Crippen LogP contribution is -2.44. The zero-order valence-corrected chi connectivity index (χ0v) is 20.4. The molecular weight excluding hydrogens is 523 g/mol. The molecule has 2 aromatic carbocycles. The molecule has 4 rings (SSSR count). The number of nitrogens with zero attached hydrogens (tertiary/aromatic N) is 3. The Kier molecular flexibility index (Phi) is 6.60. The van der Waals surface area contributed by atoms with Crippen LogP contribution in [0.25, 0.3) is 5.69 Å². The van der Waals surface area contributed by atoms with Gasteiger partial charge in [-0.3, -0.25) is 18.1 Å². The van der Waals surface area contributed by atoms with Gasteiger partial charge in [-0.25, -0.2) is 4.79 Å². The van der Waals surface area contributed by atoms with Crippen LogP contribution in [0.15, 0.2) is 57.1 Å². The summed E-state index contributed by atoms with van der Waals surface area (Å²) >= 11 is 5.92. The van der Waals surface area contributed by atoms with Crippen LogP contribution in [0.4, 0.5) is 18.9 Å². The molecule has 0 saturated heterocycles. The summed E-state index contributed by atoms with van der Waals surface area (Å²) < 4.78 is 54.0. The minimum atomic E-state index is -4.78. The van der Waals surface area contributed by atoms with Crippen LogP contribution < -0.4 is 21.3 Å². The lowest BCUT2D eigenvalue weighted by Gasteiger charge is -2.19. The van der Waals surface area contributed by atoms with Crippen molar-refractivity contribution in [3.8, 4) is 5.69 Å². The summed E-state index contributed by atoms with van der Waals surface area (Å²) in [7, 11) is 0.338. The summed E-state index contributed by atoms with van der Waals surface area (Å²) in [5.74, 6) is -1.88. The Labute approximate surface area is 209 Å². The van der Waals surface area contributed by atoms with E-state index in [1.807, 2.05) is 11.8 Å². The molecule has 0 saturated carbocycles. The van der Waals surface area contributed by atoms with E-state index in [-0.39, 0.29) is 16.6 Å². The zero-order valence-electron chi connectivity index (χ0n) is 18.8. The van der Waals surface area contributed by atoms with E-state index in [0.29, 0.717) is 21.6 Å². The number of aromatic carboxylic acids is 1. The second-order valence-corrected chi connectivity index (χ2v) is 10.0. The van der Waals surface area contributed by atoms with Crippen molar-refractivity contribution in [2.75, 3.05) is 11.9 Å². The minimum Gasteiger partial charge on any atom is -0.545 e. The lowest BCUT2D eigenvalue weighted by atomic mass is 10.1. The number of halogens is 4. The average Bonchev–Trinajstić information content (AvgIpc) is 3.05. The SMILES string of the molecule is CCC1N(C)c2ccc(-n3cc(C(=O)[O-])c(=O)n(Cc4cccc(C(F)(F)F)c4Cl)c3=O)cc2S1=O. The quantitative estimate of drug-likeness (QED) is 0.492. The molecule has 2 unspecified atom stereocenters. The summed E-state index contributed by atoms with van der Waals surface area (Å²) in [6.07, 6.45) is -3.41. The first kappa shape index (κ1) is 25.7. The highest BCUT2D eigenvalue weighted by atomic mass is 35.5. The summed E-state index contributed by atoms with van der Waals surface area (Å²) in [5, 5.41) is 10.7. The lowest BCUT2D eigenvalue weighted by molar-refractivity contribution is -0.255. The Hall–Kier alpha value is -3.38. The number of carbonyl (C=O) groups is 1. The molecule has 1 aromatic heterocycles. The van der Waals surface area contributed by atoms with Crippen LogP contribution in [0.1, 0.15) is 34.8 Å². The van der Waals surface area contributed by atoms with Gasteiger partial charge in [-0.15, -0.1) is 0 Å². The van der Waals surface area contributed by atoms with Crippen molar-refractivity contribution < 1.29 is 27.3 Å². The summed E-state index contributed by atoms with van der Waals surface area (Å²) in [6, 6.07) is 7.55. The summed E-state index contributed by atoms with van der Waals surface area (Å²) in [4.78, 5) is 40.0. The summed E-state index contributed by atoms with van der Waals surface area (Å²) in [5.41, 5.74) is -3.77. The molecule has 3 aromatic rings. The van der Waals surface area contributed by atoms with E-state index in [1.54, 1.807) is 13.1 Å². The zero-order chi connectivity index (χ0) is 26.5. The van der Waals surface area contributed by atoms with Gasteiger partial charge in [0.2, 0.25) is 0 Å². The molecule has 190 valence electrons. The molecule has 0 amide bonds. The number of alkyl halides is 3. The molecule has 36 heavy (non-hydrogen) atoms. The number of anilines is 1. The molecule has 0 N–H and O–H groups in total. The van der Waals surface area contributed by atoms with Gasteiger partial charge >= 0.3 is 11.9 Å². The van der Waals surface area contributed by atoms with Crippen molar-refractivity contribution in [3.05, 3.63) is 85.1 Å². The highest BCUT2D eigenvalue weighted by Gasteiger charge is 2.34. The Balaban J connectivity index is 1.90. The predicted molar refractivity (Wildman–Crippen MR) is 125 cm³/mol. The van der Waals surface area contributed by atoms with Crippen molar-refractivity contribution in [1.82, 2.24) is 9.13 Å². The Morgan fingerprint density at radius 3 is 2.50 bits per heavy atom. The third kappa shape index (κ3) is 4.24. The van der Waals surface area contributed by atoms with Crippen LogP contribution in [-0.2, 0) is 23.5 Å². The summed E-state index contributed by atoms with van der Waals surface area (Å²) in [6.45, 7) is 1.15. The topological polar surface area (TPSA) is 104 Å². The fourth-order valence-corrected chi connectivity index (χ4v) is 6.08. The molecule has 1 aliphatic rings. The maximum atomic E-state index is 13.3. The standard InChI is InChI=1S/C23H19ClF3N3O5S/c1-3-18-28(2)16-8-7-13(9-17(16)36(18)35)29-11-14(21(32)33)20(31)30(22(29)34)10-12-5-4-6-15(19(12)24)23(25,26)27/h4-9,11,18H,3,10H2,1-2H3,(H,32,33)/p-1. The number of fused-ring (bicyclic) bond motifs is 1. The number of rotatable bonds is 5.